The van der Waals surface area contributed by atoms with Gasteiger partial charge in [0.1, 0.15) is 11.6 Å². The summed E-state index contributed by atoms with van der Waals surface area (Å²) < 4.78 is 25.2. The van der Waals surface area contributed by atoms with E-state index < -0.39 is 11.6 Å². The van der Waals surface area contributed by atoms with E-state index in [1.54, 1.807) is 0 Å². The van der Waals surface area contributed by atoms with Crippen molar-refractivity contribution in [3.8, 4) is 0 Å². The minimum atomic E-state index is -0.623. The first-order valence-electron chi connectivity index (χ1n) is 3.51. The Labute approximate surface area is 79.9 Å². The lowest BCUT2D eigenvalue weighted by molar-refractivity contribution is 0.583. The van der Waals surface area contributed by atoms with Crippen LogP contribution in [0.3, 0.4) is 0 Å². The van der Waals surface area contributed by atoms with Gasteiger partial charge in [0.05, 0.1) is 4.99 Å². The second-order valence-electron chi connectivity index (χ2n) is 2.44. The highest BCUT2D eigenvalue weighted by molar-refractivity contribution is 7.80. The summed E-state index contributed by atoms with van der Waals surface area (Å²) in [5.41, 5.74) is 5.57. The van der Waals surface area contributed by atoms with Crippen LogP contribution in [0.1, 0.15) is 5.56 Å². The van der Waals surface area contributed by atoms with Crippen molar-refractivity contribution in [1.29, 1.82) is 0 Å². The molecule has 1 rings (SSSR count). The fraction of sp³-hybridized carbons (Fsp3) is 0. The van der Waals surface area contributed by atoms with E-state index >= 15 is 0 Å². The number of nitrogens with two attached hydrogens (primary N) is 1. The maximum Gasteiger partial charge on any atom is 0.126 e. The van der Waals surface area contributed by atoms with E-state index in [0.717, 1.165) is 6.07 Å². The summed E-state index contributed by atoms with van der Waals surface area (Å²) in [5, 5.41) is 0. The zero-order chi connectivity index (χ0) is 9.84. The van der Waals surface area contributed by atoms with Crippen molar-refractivity contribution in [1.82, 2.24) is 0 Å². The van der Waals surface area contributed by atoms with Gasteiger partial charge in [0.15, 0.2) is 0 Å². The predicted octanol–water partition coefficient (Wildman–Crippen LogP) is 2.26. The van der Waals surface area contributed by atoms with Crippen LogP contribution in [-0.2, 0) is 0 Å². The Morgan fingerprint density at radius 2 is 1.77 bits per heavy atom. The Balaban J connectivity index is 2.95. The van der Waals surface area contributed by atoms with Crippen molar-refractivity contribution in [2.45, 2.75) is 0 Å². The molecule has 0 atom stereocenters. The molecule has 1 nitrogen and oxygen atoms in total. The fourth-order valence-corrected chi connectivity index (χ4v) is 0.918. The normalized spacial score (nSPS) is 10.6. The van der Waals surface area contributed by atoms with Gasteiger partial charge in [-0.15, -0.1) is 0 Å². The molecule has 0 heterocycles. The van der Waals surface area contributed by atoms with E-state index in [9.17, 15) is 8.78 Å². The van der Waals surface area contributed by atoms with Gasteiger partial charge < -0.3 is 5.73 Å². The van der Waals surface area contributed by atoms with Gasteiger partial charge in [-0.05, 0) is 23.8 Å². The first-order valence-corrected chi connectivity index (χ1v) is 3.92. The first-order chi connectivity index (χ1) is 6.08. The Morgan fingerprint density at radius 1 is 1.23 bits per heavy atom. The minimum absolute atomic E-state index is 0.171. The SMILES string of the molecule is NC(=S)/C=C/c1cc(F)cc(F)c1. The maximum absolute atomic E-state index is 12.6. The molecule has 0 bridgehead atoms. The third-order valence-electron chi connectivity index (χ3n) is 1.32. The minimum Gasteiger partial charge on any atom is -0.390 e. The lowest BCUT2D eigenvalue weighted by Crippen LogP contribution is -2.01. The maximum atomic E-state index is 12.6. The lowest BCUT2D eigenvalue weighted by Gasteiger charge is -1.94. The summed E-state index contributed by atoms with van der Waals surface area (Å²) in [7, 11) is 0. The molecule has 0 aliphatic rings. The van der Waals surface area contributed by atoms with Crippen LogP contribution >= 0.6 is 12.2 Å². The molecule has 0 saturated carbocycles. The molecule has 0 saturated heterocycles. The lowest BCUT2D eigenvalue weighted by atomic mass is 10.2. The van der Waals surface area contributed by atoms with E-state index in [-0.39, 0.29) is 4.99 Å². The Kier molecular flexibility index (Phi) is 3.08. The first kappa shape index (κ1) is 9.80. The molecule has 2 N–H and O–H groups in total. The summed E-state index contributed by atoms with van der Waals surface area (Å²) in [5.74, 6) is -1.25. The van der Waals surface area contributed by atoms with Crippen molar-refractivity contribution in [2.24, 2.45) is 5.73 Å². The van der Waals surface area contributed by atoms with Crippen LogP contribution in [0.25, 0.3) is 6.08 Å². The monoisotopic (exact) mass is 199 g/mol. The van der Waals surface area contributed by atoms with Crippen molar-refractivity contribution in [3.05, 3.63) is 41.5 Å². The molecule has 1 aromatic carbocycles. The van der Waals surface area contributed by atoms with Crippen LogP contribution in [0.15, 0.2) is 24.3 Å². The van der Waals surface area contributed by atoms with Gasteiger partial charge in [0, 0.05) is 6.07 Å². The molecule has 13 heavy (non-hydrogen) atoms. The molecule has 0 aliphatic heterocycles. The van der Waals surface area contributed by atoms with Gasteiger partial charge in [0.25, 0.3) is 0 Å². The molecule has 0 amide bonds. The standard InChI is InChI=1S/C9H7F2NS/c10-7-3-6(1-2-9(12)13)4-8(11)5-7/h1-5H,(H2,12,13)/b2-1+. The highest BCUT2D eigenvalue weighted by atomic mass is 32.1. The van der Waals surface area contributed by atoms with Crippen LogP contribution in [-0.4, -0.2) is 4.99 Å². The second-order valence-corrected chi connectivity index (χ2v) is 2.91. The largest absolute Gasteiger partial charge is 0.390 e. The van der Waals surface area contributed by atoms with Crippen LogP contribution in [0.4, 0.5) is 8.78 Å². The van der Waals surface area contributed by atoms with Crippen LogP contribution in [0.2, 0.25) is 0 Å². The third-order valence-corrected chi connectivity index (χ3v) is 1.46. The molecule has 0 aromatic heterocycles. The van der Waals surface area contributed by atoms with Crippen LogP contribution in [0, 0.1) is 11.6 Å². The van der Waals surface area contributed by atoms with Gasteiger partial charge in [-0.25, -0.2) is 8.78 Å². The van der Waals surface area contributed by atoms with E-state index in [0.29, 0.717) is 5.56 Å². The van der Waals surface area contributed by atoms with Crippen molar-refractivity contribution in [3.63, 3.8) is 0 Å². The van der Waals surface area contributed by atoms with Gasteiger partial charge in [-0.2, -0.15) is 0 Å². The summed E-state index contributed by atoms with van der Waals surface area (Å²) in [6.45, 7) is 0. The van der Waals surface area contributed by atoms with E-state index in [1.165, 1.54) is 24.3 Å². The number of hydrogen-bond donors (Lipinski definition) is 1. The molecule has 0 radical (unpaired) electrons. The Hall–Kier alpha value is -1.29. The van der Waals surface area contributed by atoms with E-state index in [1.807, 2.05) is 0 Å². The molecule has 4 heteroatoms. The number of hydrogen-bond acceptors (Lipinski definition) is 1. The molecule has 1 aromatic rings. The van der Waals surface area contributed by atoms with Crippen LogP contribution in [0.5, 0.6) is 0 Å². The van der Waals surface area contributed by atoms with Crippen molar-refractivity contribution < 1.29 is 8.78 Å². The zero-order valence-corrected chi connectivity index (χ0v) is 7.44. The van der Waals surface area contributed by atoms with Crippen LogP contribution < -0.4 is 5.73 Å². The molecule has 68 valence electrons. The molecule has 0 spiro atoms. The average Bonchev–Trinajstić information content (AvgIpc) is 1.99. The van der Waals surface area contributed by atoms with E-state index in [4.69, 9.17) is 5.73 Å². The topological polar surface area (TPSA) is 26.0 Å². The van der Waals surface area contributed by atoms with Gasteiger partial charge in [0.2, 0.25) is 0 Å². The summed E-state index contributed by atoms with van der Waals surface area (Å²) in [4.78, 5) is 0.171. The average molecular weight is 199 g/mol. The third kappa shape index (κ3) is 3.29. The van der Waals surface area contributed by atoms with Gasteiger partial charge >= 0.3 is 0 Å². The van der Waals surface area contributed by atoms with Gasteiger partial charge in [-0.3, -0.25) is 0 Å². The predicted molar refractivity (Wildman–Crippen MR) is 52.2 cm³/mol. The zero-order valence-electron chi connectivity index (χ0n) is 6.63. The second kappa shape index (κ2) is 4.09. The fourth-order valence-electron chi connectivity index (χ4n) is 0.850. The highest BCUT2D eigenvalue weighted by Crippen LogP contribution is 2.09. The summed E-state index contributed by atoms with van der Waals surface area (Å²) >= 11 is 4.56. The molecule has 0 unspecified atom stereocenters. The molecular weight excluding hydrogens is 192 g/mol. The summed E-state index contributed by atoms with van der Waals surface area (Å²) in [6, 6.07) is 3.19. The smallest absolute Gasteiger partial charge is 0.126 e. The Morgan fingerprint density at radius 3 is 2.23 bits per heavy atom. The number of rotatable bonds is 2. The highest BCUT2D eigenvalue weighted by Gasteiger charge is 1.96. The molecule has 0 fully saturated rings. The molecule has 0 aliphatic carbocycles. The number of benzene rings is 1. The van der Waals surface area contributed by atoms with E-state index in [2.05, 4.69) is 12.2 Å². The summed E-state index contributed by atoms with van der Waals surface area (Å²) in [6.07, 6.45) is 2.86. The van der Waals surface area contributed by atoms with Crippen molar-refractivity contribution >= 4 is 23.3 Å². The quantitative estimate of drug-likeness (QED) is 0.584. The number of thiocarbonyl (C=S) groups is 1. The van der Waals surface area contributed by atoms with Gasteiger partial charge in [-0.1, -0.05) is 18.3 Å². The molecular formula is C9H7F2NS. The van der Waals surface area contributed by atoms with Crippen molar-refractivity contribution in [2.75, 3.05) is 0 Å². The number of halogens is 2. The Bertz CT molecular complexity index is 340.